The van der Waals surface area contributed by atoms with Crippen LogP contribution in [0.2, 0.25) is 0 Å². The Bertz CT molecular complexity index is 509. The van der Waals surface area contributed by atoms with Crippen LogP contribution in [0.25, 0.3) is 6.08 Å². The van der Waals surface area contributed by atoms with E-state index in [1.165, 1.54) is 31.4 Å². The van der Waals surface area contributed by atoms with E-state index in [0.29, 0.717) is 12.0 Å². The molecule has 1 heterocycles. The highest BCUT2D eigenvalue weighted by molar-refractivity contribution is 5.51. The summed E-state index contributed by atoms with van der Waals surface area (Å²) in [4.78, 5) is 0. The van der Waals surface area contributed by atoms with Gasteiger partial charge in [0.15, 0.2) is 0 Å². The maximum absolute atomic E-state index is 12.1. The summed E-state index contributed by atoms with van der Waals surface area (Å²) in [6.45, 7) is 1.08. The van der Waals surface area contributed by atoms with Crippen molar-refractivity contribution in [3.63, 3.8) is 0 Å². The molecule has 2 aliphatic rings. The van der Waals surface area contributed by atoms with Gasteiger partial charge in [0.25, 0.3) is 0 Å². The molecular formula is C16H18F3NO. The van der Waals surface area contributed by atoms with Crippen LogP contribution in [-0.4, -0.2) is 18.9 Å². The molecule has 1 aromatic rings. The van der Waals surface area contributed by atoms with Gasteiger partial charge in [0.05, 0.1) is 0 Å². The van der Waals surface area contributed by atoms with Gasteiger partial charge in [-0.05, 0) is 48.9 Å². The van der Waals surface area contributed by atoms with Gasteiger partial charge < -0.3 is 10.1 Å². The molecule has 114 valence electrons. The van der Waals surface area contributed by atoms with Gasteiger partial charge in [0.1, 0.15) is 5.75 Å². The van der Waals surface area contributed by atoms with Gasteiger partial charge in [-0.2, -0.15) is 0 Å². The standard InChI is InChI=1S/C16H18F3NO/c17-16(18,19)21-13-7-4-11(5-8-13)6-9-15-14-3-1-2-12(14)10-20-15/h4-9,12,14-15,20H,1-3,10H2/b9-6+. The highest BCUT2D eigenvalue weighted by atomic mass is 19.4. The Balaban J connectivity index is 1.61. The minimum atomic E-state index is -4.64. The van der Waals surface area contributed by atoms with E-state index in [-0.39, 0.29) is 5.75 Å². The van der Waals surface area contributed by atoms with E-state index in [0.717, 1.165) is 18.0 Å². The number of benzene rings is 1. The lowest BCUT2D eigenvalue weighted by atomic mass is 9.93. The summed E-state index contributed by atoms with van der Waals surface area (Å²) >= 11 is 0. The quantitative estimate of drug-likeness (QED) is 0.911. The molecule has 5 heteroatoms. The van der Waals surface area contributed by atoms with E-state index in [1.54, 1.807) is 12.1 Å². The molecule has 1 aromatic carbocycles. The van der Waals surface area contributed by atoms with E-state index in [1.807, 2.05) is 6.08 Å². The van der Waals surface area contributed by atoms with Crippen molar-refractivity contribution in [1.82, 2.24) is 5.32 Å². The summed E-state index contributed by atoms with van der Waals surface area (Å²) in [5.41, 5.74) is 0.882. The third-order valence-corrected chi connectivity index (χ3v) is 4.40. The number of alkyl halides is 3. The molecule has 0 bridgehead atoms. The normalized spacial score (nSPS) is 29.0. The van der Waals surface area contributed by atoms with Crippen LogP contribution in [0, 0.1) is 11.8 Å². The minimum absolute atomic E-state index is 0.186. The molecule has 21 heavy (non-hydrogen) atoms. The van der Waals surface area contributed by atoms with E-state index < -0.39 is 6.36 Å². The number of hydrogen-bond donors (Lipinski definition) is 1. The first-order valence-electron chi connectivity index (χ1n) is 7.29. The molecule has 0 aromatic heterocycles. The maximum Gasteiger partial charge on any atom is 0.573 e. The lowest BCUT2D eigenvalue weighted by molar-refractivity contribution is -0.274. The van der Waals surface area contributed by atoms with Crippen molar-refractivity contribution in [3.8, 4) is 5.75 Å². The van der Waals surface area contributed by atoms with Gasteiger partial charge in [0, 0.05) is 6.04 Å². The van der Waals surface area contributed by atoms with Crippen LogP contribution in [0.15, 0.2) is 30.3 Å². The second-order valence-electron chi connectivity index (χ2n) is 5.76. The first kappa shape index (κ1) is 14.4. The second-order valence-corrected chi connectivity index (χ2v) is 5.76. The number of fused-ring (bicyclic) bond motifs is 1. The molecule has 2 fully saturated rings. The fourth-order valence-corrected chi connectivity index (χ4v) is 3.44. The summed E-state index contributed by atoms with van der Waals surface area (Å²) in [6.07, 6.45) is 3.36. The fraction of sp³-hybridized carbons (Fsp3) is 0.500. The van der Waals surface area contributed by atoms with Gasteiger partial charge in [-0.1, -0.05) is 30.7 Å². The average Bonchev–Trinajstić information content (AvgIpc) is 2.99. The number of nitrogens with one attached hydrogen (secondary N) is 1. The molecule has 0 spiro atoms. The third-order valence-electron chi connectivity index (χ3n) is 4.40. The van der Waals surface area contributed by atoms with Gasteiger partial charge in [0.2, 0.25) is 0 Å². The lowest BCUT2D eigenvalue weighted by Gasteiger charge is -2.13. The SMILES string of the molecule is FC(F)(F)Oc1ccc(/C=C/C2NCC3CCCC32)cc1. The number of rotatable bonds is 3. The maximum atomic E-state index is 12.1. The summed E-state index contributed by atoms with van der Waals surface area (Å²) in [5.74, 6) is 1.32. The molecule has 1 N–H and O–H groups in total. The molecule has 3 atom stereocenters. The Labute approximate surface area is 122 Å². The van der Waals surface area contributed by atoms with Crippen molar-refractivity contribution in [2.75, 3.05) is 6.54 Å². The zero-order valence-electron chi connectivity index (χ0n) is 11.6. The number of hydrogen-bond acceptors (Lipinski definition) is 2. The molecule has 1 aliphatic carbocycles. The van der Waals surface area contributed by atoms with Crippen molar-refractivity contribution < 1.29 is 17.9 Å². The van der Waals surface area contributed by atoms with E-state index in [9.17, 15) is 13.2 Å². The molecule has 0 amide bonds. The molecule has 3 unspecified atom stereocenters. The van der Waals surface area contributed by atoms with E-state index in [2.05, 4.69) is 16.1 Å². The fourth-order valence-electron chi connectivity index (χ4n) is 3.44. The van der Waals surface area contributed by atoms with Crippen LogP contribution < -0.4 is 10.1 Å². The largest absolute Gasteiger partial charge is 0.573 e. The zero-order chi connectivity index (χ0) is 14.9. The first-order chi connectivity index (χ1) is 10.0. The van der Waals surface area contributed by atoms with E-state index in [4.69, 9.17) is 0 Å². The highest BCUT2D eigenvalue weighted by Crippen LogP contribution is 2.38. The number of halogens is 3. The van der Waals surface area contributed by atoms with Crippen molar-refractivity contribution in [2.45, 2.75) is 31.7 Å². The van der Waals surface area contributed by atoms with Gasteiger partial charge in [-0.15, -0.1) is 13.2 Å². The predicted octanol–water partition coefficient (Wildman–Crippen LogP) is 3.99. The summed E-state index contributed by atoms with van der Waals surface area (Å²) < 4.78 is 40.1. The Morgan fingerprint density at radius 1 is 1.14 bits per heavy atom. The van der Waals surface area contributed by atoms with Gasteiger partial charge in [-0.3, -0.25) is 0 Å². The summed E-state index contributed by atoms with van der Waals surface area (Å²) in [7, 11) is 0. The van der Waals surface area contributed by atoms with Crippen molar-refractivity contribution in [2.24, 2.45) is 11.8 Å². The third kappa shape index (κ3) is 3.59. The Morgan fingerprint density at radius 3 is 2.62 bits per heavy atom. The zero-order valence-corrected chi connectivity index (χ0v) is 11.6. The number of ether oxygens (including phenoxy) is 1. The molecule has 1 saturated heterocycles. The molecule has 3 rings (SSSR count). The Kier molecular flexibility index (Phi) is 3.93. The van der Waals surface area contributed by atoms with E-state index >= 15 is 0 Å². The topological polar surface area (TPSA) is 21.3 Å². The highest BCUT2D eigenvalue weighted by Gasteiger charge is 2.37. The van der Waals surface area contributed by atoms with Gasteiger partial charge >= 0.3 is 6.36 Å². The predicted molar refractivity (Wildman–Crippen MR) is 74.8 cm³/mol. The first-order valence-corrected chi connectivity index (χ1v) is 7.29. The second kappa shape index (κ2) is 5.72. The van der Waals surface area contributed by atoms with Crippen LogP contribution in [0.5, 0.6) is 5.75 Å². The summed E-state index contributed by atoms with van der Waals surface area (Å²) in [5, 5.41) is 3.51. The minimum Gasteiger partial charge on any atom is -0.406 e. The molecule has 1 aliphatic heterocycles. The van der Waals surface area contributed by atoms with Crippen LogP contribution >= 0.6 is 0 Å². The van der Waals surface area contributed by atoms with Crippen LogP contribution in [-0.2, 0) is 0 Å². The summed E-state index contributed by atoms with van der Waals surface area (Å²) in [6, 6.07) is 6.35. The monoisotopic (exact) mass is 297 g/mol. The van der Waals surface area contributed by atoms with Crippen molar-refractivity contribution in [3.05, 3.63) is 35.9 Å². The Morgan fingerprint density at radius 2 is 1.90 bits per heavy atom. The molecular weight excluding hydrogens is 279 g/mol. The van der Waals surface area contributed by atoms with Crippen LogP contribution in [0.4, 0.5) is 13.2 Å². The van der Waals surface area contributed by atoms with Crippen LogP contribution in [0.1, 0.15) is 24.8 Å². The van der Waals surface area contributed by atoms with Crippen molar-refractivity contribution in [1.29, 1.82) is 0 Å². The van der Waals surface area contributed by atoms with Crippen LogP contribution in [0.3, 0.4) is 0 Å². The van der Waals surface area contributed by atoms with Crippen molar-refractivity contribution >= 4 is 6.08 Å². The average molecular weight is 297 g/mol. The smallest absolute Gasteiger partial charge is 0.406 e. The molecule has 2 nitrogen and oxygen atoms in total. The lowest BCUT2D eigenvalue weighted by Crippen LogP contribution is -2.23. The van der Waals surface area contributed by atoms with Gasteiger partial charge in [-0.25, -0.2) is 0 Å². The molecule has 0 radical (unpaired) electrons. The molecule has 1 saturated carbocycles. The Hall–Kier alpha value is -1.49.